The van der Waals surface area contributed by atoms with Gasteiger partial charge in [0.05, 0.1) is 0 Å². The highest BCUT2D eigenvalue weighted by Crippen LogP contribution is 2.37. The predicted molar refractivity (Wildman–Crippen MR) is 77.7 cm³/mol. The average Bonchev–Trinajstić information content (AvgIpc) is 2.72. The van der Waals surface area contributed by atoms with E-state index in [0.717, 1.165) is 6.54 Å². The molecule has 0 atom stereocenters. The zero-order valence-corrected chi connectivity index (χ0v) is 12.5. The molecule has 18 heavy (non-hydrogen) atoms. The quantitative estimate of drug-likeness (QED) is 0.831. The van der Waals surface area contributed by atoms with Crippen LogP contribution in [0.1, 0.15) is 46.5 Å². The van der Waals surface area contributed by atoms with Gasteiger partial charge in [0.25, 0.3) is 0 Å². The van der Waals surface area contributed by atoms with Crippen LogP contribution in [0.25, 0.3) is 0 Å². The number of rotatable bonds is 4. The zero-order valence-electron chi connectivity index (χ0n) is 12.5. The Bertz CT molecular complexity index is 267. The lowest BCUT2D eigenvalue weighted by atomic mass is 9.85. The maximum absolute atomic E-state index is 6.17. The number of hydrogen-bond donors (Lipinski definition) is 1. The summed E-state index contributed by atoms with van der Waals surface area (Å²) in [6, 6.07) is 0. The summed E-state index contributed by atoms with van der Waals surface area (Å²) in [6.07, 6.45) is 5.12. The van der Waals surface area contributed by atoms with E-state index in [-0.39, 0.29) is 0 Å². The van der Waals surface area contributed by atoms with Gasteiger partial charge in [0.15, 0.2) is 0 Å². The minimum absolute atomic E-state index is 0.304. The standard InChI is InChI=1S/C15H31N3/c1-4-8-17-9-6-15(12-16,7-10-17)18-11-5-14(2,3)13-18/h4-13,16H2,1-3H3. The van der Waals surface area contributed by atoms with Crippen LogP contribution in [0.5, 0.6) is 0 Å². The molecule has 0 aromatic carbocycles. The van der Waals surface area contributed by atoms with Crippen LogP contribution in [0.2, 0.25) is 0 Å². The molecule has 0 aliphatic carbocycles. The minimum atomic E-state index is 0.304. The van der Waals surface area contributed by atoms with Gasteiger partial charge in [-0.25, -0.2) is 0 Å². The molecule has 0 spiro atoms. The van der Waals surface area contributed by atoms with Crippen molar-refractivity contribution in [3.05, 3.63) is 0 Å². The first kappa shape index (κ1) is 14.3. The molecule has 106 valence electrons. The molecule has 2 heterocycles. The van der Waals surface area contributed by atoms with Crippen molar-refractivity contribution < 1.29 is 0 Å². The molecule has 3 nitrogen and oxygen atoms in total. The van der Waals surface area contributed by atoms with Gasteiger partial charge in [0.1, 0.15) is 0 Å². The summed E-state index contributed by atoms with van der Waals surface area (Å²) in [5.74, 6) is 0. The zero-order chi connectivity index (χ0) is 13.2. The van der Waals surface area contributed by atoms with E-state index in [2.05, 4.69) is 30.6 Å². The second kappa shape index (κ2) is 5.48. The molecule has 0 radical (unpaired) electrons. The van der Waals surface area contributed by atoms with Gasteiger partial charge in [0, 0.05) is 18.6 Å². The van der Waals surface area contributed by atoms with Crippen LogP contribution < -0.4 is 5.73 Å². The van der Waals surface area contributed by atoms with E-state index in [4.69, 9.17) is 5.73 Å². The smallest absolute Gasteiger partial charge is 0.0356 e. The third-order valence-electron chi connectivity index (χ3n) is 5.05. The van der Waals surface area contributed by atoms with Crippen LogP contribution in [0, 0.1) is 5.41 Å². The van der Waals surface area contributed by atoms with Crippen LogP contribution in [-0.4, -0.2) is 54.6 Å². The normalized spacial score (nSPS) is 28.7. The van der Waals surface area contributed by atoms with Crippen LogP contribution in [-0.2, 0) is 0 Å². The van der Waals surface area contributed by atoms with E-state index >= 15 is 0 Å². The second-order valence-electron chi connectivity index (χ2n) is 7.11. The lowest BCUT2D eigenvalue weighted by molar-refractivity contribution is 0.0373. The largest absolute Gasteiger partial charge is 0.329 e. The average molecular weight is 253 g/mol. The van der Waals surface area contributed by atoms with Crippen molar-refractivity contribution in [2.24, 2.45) is 11.1 Å². The maximum atomic E-state index is 6.17. The molecule has 0 bridgehead atoms. The fourth-order valence-electron chi connectivity index (χ4n) is 3.68. The second-order valence-corrected chi connectivity index (χ2v) is 7.11. The molecule has 2 fully saturated rings. The molecule has 0 aromatic heterocycles. The van der Waals surface area contributed by atoms with Crippen molar-refractivity contribution in [1.29, 1.82) is 0 Å². The van der Waals surface area contributed by atoms with Gasteiger partial charge >= 0.3 is 0 Å². The van der Waals surface area contributed by atoms with E-state index in [1.165, 1.54) is 58.4 Å². The number of likely N-dealkylation sites (tertiary alicyclic amines) is 2. The van der Waals surface area contributed by atoms with Crippen LogP contribution >= 0.6 is 0 Å². The van der Waals surface area contributed by atoms with E-state index in [0.29, 0.717) is 11.0 Å². The molecule has 2 aliphatic heterocycles. The Balaban J connectivity index is 1.96. The number of nitrogens with zero attached hydrogens (tertiary/aromatic N) is 2. The molecular weight excluding hydrogens is 222 g/mol. The highest BCUT2D eigenvalue weighted by atomic mass is 15.3. The molecule has 2 rings (SSSR count). The maximum Gasteiger partial charge on any atom is 0.0356 e. The molecule has 0 amide bonds. The summed E-state index contributed by atoms with van der Waals surface area (Å²) < 4.78 is 0. The number of piperidine rings is 1. The summed E-state index contributed by atoms with van der Waals surface area (Å²) in [7, 11) is 0. The van der Waals surface area contributed by atoms with Crippen LogP contribution in [0.15, 0.2) is 0 Å². The number of nitrogens with two attached hydrogens (primary N) is 1. The first-order chi connectivity index (χ1) is 8.51. The Labute approximate surface area is 113 Å². The van der Waals surface area contributed by atoms with E-state index < -0.39 is 0 Å². The van der Waals surface area contributed by atoms with Gasteiger partial charge in [-0.05, 0) is 57.3 Å². The minimum Gasteiger partial charge on any atom is -0.329 e. The van der Waals surface area contributed by atoms with Gasteiger partial charge in [-0.15, -0.1) is 0 Å². The Morgan fingerprint density at radius 1 is 1.06 bits per heavy atom. The Hall–Kier alpha value is -0.120. The van der Waals surface area contributed by atoms with Crippen molar-refractivity contribution in [2.45, 2.75) is 52.0 Å². The van der Waals surface area contributed by atoms with Crippen molar-refractivity contribution in [1.82, 2.24) is 9.80 Å². The van der Waals surface area contributed by atoms with Crippen LogP contribution in [0.3, 0.4) is 0 Å². The molecular formula is C15H31N3. The Morgan fingerprint density at radius 2 is 1.72 bits per heavy atom. The van der Waals surface area contributed by atoms with Gasteiger partial charge in [0.2, 0.25) is 0 Å². The molecule has 2 aliphatic rings. The van der Waals surface area contributed by atoms with Gasteiger partial charge < -0.3 is 10.6 Å². The number of hydrogen-bond acceptors (Lipinski definition) is 3. The molecule has 0 aromatic rings. The fraction of sp³-hybridized carbons (Fsp3) is 1.00. The SMILES string of the molecule is CCCN1CCC(CN)(N2CCC(C)(C)C2)CC1. The molecule has 0 unspecified atom stereocenters. The van der Waals surface area contributed by atoms with Gasteiger partial charge in [-0.2, -0.15) is 0 Å². The lowest BCUT2D eigenvalue weighted by Crippen LogP contribution is -2.59. The van der Waals surface area contributed by atoms with E-state index in [1.54, 1.807) is 0 Å². The monoisotopic (exact) mass is 253 g/mol. The van der Waals surface area contributed by atoms with Gasteiger partial charge in [-0.3, -0.25) is 4.90 Å². The first-order valence-corrected chi connectivity index (χ1v) is 7.69. The van der Waals surface area contributed by atoms with E-state index in [1.807, 2.05) is 0 Å². The molecule has 2 saturated heterocycles. The van der Waals surface area contributed by atoms with Crippen molar-refractivity contribution in [2.75, 3.05) is 39.3 Å². The Kier molecular flexibility index (Phi) is 4.35. The third kappa shape index (κ3) is 2.89. The summed E-state index contributed by atoms with van der Waals surface area (Å²) in [4.78, 5) is 5.31. The molecule has 2 N–H and O–H groups in total. The van der Waals surface area contributed by atoms with E-state index in [9.17, 15) is 0 Å². The summed E-state index contributed by atoms with van der Waals surface area (Å²) >= 11 is 0. The Morgan fingerprint density at radius 3 is 2.17 bits per heavy atom. The highest BCUT2D eigenvalue weighted by Gasteiger charge is 2.43. The van der Waals surface area contributed by atoms with Crippen LogP contribution in [0.4, 0.5) is 0 Å². The fourth-order valence-corrected chi connectivity index (χ4v) is 3.68. The topological polar surface area (TPSA) is 32.5 Å². The molecule has 0 saturated carbocycles. The first-order valence-electron chi connectivity index (χ1n) is 7.69. The highest BCUT2D eigenvalue weighted by molar-refractivity contribution is 5.00. The van der Waals surface area contributed by atoms with Crippen molar-refractivity contribution >= 4 is 0 Å². The van der Waals surface area contributed by atoms with Gasteiger partial charge in [-0.1, -0.05) is 20.8 Å². The summed E-state index contributed by atoms with van der Waals surface area (Å²) in [5, 5.41) is 0. The summed E-state index contributed by atoms with van der Waals surface area (Å²) in [5.41, 5.74) is 6.96. The van der Waals surface area contributed by atoms with Crippen molar-refractivity contribution in [3.8, 4) is 0 Å². The van der Waals surface area contributed by atoms with Crippen molar-refractivity contribution in [3.63, 3.8) is 0 Å². The predicted octanol–water partition coefficient (Wildman–Crippen LogP) is 1.92. The third-order valence-corrected chi connectivity index (χ3v) is 5.05. The lowest BCUT2D eigenvalue weighted by Gasteiger charge is -2.47. The molecule has 3 heteroatoms. The summed E-state index contributed by atoms with van der Waals surface area (Å²) in [6.45, 7) is 14.1.